The molecule has 0 aliphatic heterocycles. The van der Waals surface area contributed by atoms with Crippen molar-refractivity contribution in [1.29, 1.82) is 0 Å². The lowest BCUT2D eigenvalue weighted by molar-refractivity contribution is 0.0917. The first-order chi connectivity index (χ1) is 14.5. The van der Waals surface area contributed by atoms with Gasteiger partial charge < -0.3 is 9.73 Å². The Hall–Kier alpha value is -3.10. The van der Waals surface area contributed by atoms with Crippen molar-refractivity contribution in [3.8, 4) is 0 Å². The Balaban J connectivity index is 1.31. The van der Waals surface area contributed by atoms with E-state index in [1.54, 1.807) is 41.3 Å². The van der Waals surface area contributed by atoms with Crippen LogP contribution in [-0.2, 0) is 13.1 Å². The number of benzene rings is 2. The Bertz CT molecular complexity index is 1160. The monoisotopic (exact) mass is 442 g/mol. The van der Waals surface area contributed by atoms with Crippen LogP contribution in [0.25, 0.3) is 0 Å². The van der Waals surface area contributed by atoms with Crippen LogP contribution in [0.2, 0.25) is 5.02 Å². The van der Waals surface area contributed by atoms with E-state index >= 15 is 0 Å². The Morgan fingerprint density at radius 3 is 2.80 bits per heavy atom. The van der Waals surface area contributed by atoms with E-state index in [0.29, 0.717) is 22.5 Å². The van der Waals surface area contributed by atoms with Gasteiger partial charge in [0.2, 0.25) is 0 Å². The maximum Gasteiger partial charge on any atom is 0.287 e. The van der Waals surface area contributed by atoms with E-state index in [-0.39, 0.29) is 24.0 Å². The normalized spacial score (nSPS) is 10.9. The summed E-state index contributed by atoms with van der Waals surface area (Å²) in [5, 5.41) is 8.28. The minimum absolute atomic E-state index is 0.148. The maximum atomic E-state index is 13.3. The molecule has 30 heavy (non-hydrogen) atoms. The summed E-state index contributed by atoms with van der Waals surface area (Å²) in [7, 11) is 0. The zero-order valence-corrected chi connectivity index (χ0v) is 17.2. The Labute approximate surface area is 181 Å². The second-order valence-electron chi connectivity index (χ2n) is 6.35. The predicted octanol–water partition coefficient (Wildman–Crippen LogP) is 4.79. The Kier molecular flexibility index (Phi) is 6.15. The number of nitrogens with zero attached hydrogens (tertiary/aromatic N) is 3. The van der Waals surface area contributed by atoms with Crippen molar-refractivity contribution < 1.29 is 13.6 Å². The quantitative estimate of drug-likeness (QED) is 0.445. The topological polar surface area (TPSA) is 73.0 Å². The molecule has 0 atom stereocenters. The fourth-order valence-corrected chi connectivity index (χ4v) is 3.57. The highest BCUT2D eigenvalue weighted by Crippen LogP contribution is 2.30. The number of amides is 1. The van der Waals surface area contributed by atoms with Crippen LogP contribution in [0.1, 0.15) is 21.9 Å². The van der Waals surface area contributed by atoms with Gasteiger partial charge in [0.05, 0.1) is 13.1 Å². The van der Waals surface area contributed by atoms with Crippen LogP contribution < -0.4 is 5.32 Å². The van der Waals surface area contributed by atoms with Crippen molar-refractivity contribution in [2.75, 3.05) is 0 Å². The van der Waals surface area contributed by atoms with E-state index < -0.39 is 0 Å². The van der Waals surface area contributed by atoms with Gasteiger partial charge in [0.25, 0.3) is 5.91 Å². The first kappa shape index (κ1) is 20.2. The molecule has 0 fully saturated rings. The third-order valence-corrected chi connectivity index (χ3v) is 5.24. The zero-order chi connectivity index (χ0) is 20.9. The van der Waals surface area contributed by atoms with Crippen LogP contribution in [0.5, 0.6) is 0 Å². The average molecular weight is 443 g/mol. The van der Waals surface area contributed by atoms with Gasteiger partial charge in [0.1, 0.15) is 12.1 Å². The number of carbonyl (C=O) groups excluding carboxylic acids is 1. The van der Waals surface area contributed by atoms with Gasteiger partial charge in [-0.1, -0.05) is 35.5 Å². The molecule has 1 N–H and O–H groups in total. The van der Waals surface area contributed by atoms with Crippen LogP contribution in [0.3, 0.4) is 0 Å². The van der Waals surface area contributed by atoms with E-state index in [1.165, 1.54) is 23.9 Å². The molecule has 0 bridgehead atoms. The molecule has 2 aromatic heterocycles. The third kappa shape index (κ3) is 5.28. The van der Waals surface area contributed by atoms with E-state index in [2.05, 4.69) is 15.4 Å². The van der Waals surface area contributed by atoms with Crippen LogP contribution in [0.15, 0.2) is 81.4 Å². The van der Waals surface area contributed by atoms with Gasteiger partial charge in [0, 0.05) is 9.92 Å². The third-order valence-electron chi connectivity index (χ3n) is 4.06. The molecule has 0 saturated heterocycles. The molecule has 2 heterocycles. The molecule has 6 nitrogen and oxygen atoms in total. The maximum absolute atomic E-state index is 13.3. The molecule has 0 unspecified atom stereocenters. The van der Waals surface area contributed by atoms with Crippen molar-refractivity contribution in [3.05, 3.63) is 95.0 Å². The highest BCUT2D eigenvalue weighted by Gasteiger charge is 2.13. The molecule has 4 aromatic rings. The SMILES string of the molecule is O=C(NCc1ncn(Cc2cccc(F)c2)n1)c1ccc(Sc2ccc(Cl)cc2)o1. The van der Waals surface area contributed by atoms with Crippen molar-refractivity contribution in [3.63, 3.8) is 0 Å². The largest absolute Gasteiger partial charge is 0.444 e. The molecule has 0 radical (unpaired) electrons. The number of rotatable bonds is 7. The number of hydrogen-bond donors (Lipinski definition) is 1. The van der Waals surface area contributed by atoms with E-state index in [4.69, 9.17) is 16.0 Å². The molecule has 2 aromatic carbocycles. The molecule has 0 aliphatic rings. The van der Waals surface area contributed by atoms with E-state index in [9.17, 15) is 9.18 Å². The molecule has 0 spiro atoms. The number of furan rings is 1. The van der Waals surface area contributed by atoms with Crippen LogP contribution in [-0.4, -0.2) is 20.7 Å². The number of halogens is 2. The minimum atomic E-state index is -0.362. The average Bonchev–Trinajstić information content (AvgIpc) is 3.38. The summed E-state index contributed by atoms with van der Waals surface area (Å²) in [4.78, 5) is 17.4. The van der Waals surface area contributed by atoms with Gasteiger partial charge in [-0.05, 0) is 54.1 Å². The van der Waals surface area contributed by atoms with Gasteiger partial charge in [-0.15, -0.1) is 0 Å². The van der Waals surface area contributed by atoms with Crippen molar-refractivity contribution in [1.82, 2.24) is 20.1 Å². The summed E-state index contributed by atoms with van der Waals surface area (Å²) in [5.74, 6) is -0.0145. The number of hydrogen-bond acceptors (Lipinski definition) is 5. The first-order valence-electron chi connectivity index (χ1n) is 8.99. The Morgan fingerprint density at radius 1 is 1.17 bits per heavy atom. The molecular formula is C21H16ClFN4O2S. The highest BCUT2D eigenvalue weighted by molar-refractivity contribution is 7.99. The molecular weight excluding hydrogens is 427 g/mol. The smallest absolute Gasteiger partial charge is 0.287 e. The second-order valence-corrected chi connectivity index (χ2v) is 7.86. The molecule has 152 valence electrons. The van der Waals surface area contributed by atoms with Gasteiger partial charge >= 0.3 is 0 Å². The van der Waals surface area contributed by atoms with E-state index in [0.717, 1.165) is 10.5 Å². The van der Waals surface area contributed by atoms with Gasteiger partial charge in [-0.2, -0.15) is 5.10 Å². The summed E-state index contributed by atoms with van der Waals surface area (Å²) in [6, 6.07) is 17.0. The predicted molar refractivity (Wildman–Crippen MR) is 111 cm³/mol. The number of carbonyl (C=O) groups is 1. The number of nitrogens with one attached hydrogen (secondary N) is 1. The molecule has 0 aliphatic carbocycles. The van der Waals surface area contributed by atoms with Gasteiger partial charge in [-0.25, -0.2) is 14.1 Å². The summed E-state index contributed by atoms with van der Waals surface area (Å²) in [6.07, 6.45) is 1.54. The van der Waals surface area contributed by atoms with Crippen molar-refractivity contribution in [2.24, 2.45) is 0 Å². The summed E-state index contributed by atoms with van der Waals surface area (Å²) in [5.41, 5.74) is 0.775. The fraction of sp³-hybridized carbons (Fsp3) is 0.0952. The number of aromatic nitrogens is 3. The minimum Gasteiger partial charge on any atom is -0.444 e. The lowest BCUT2D eigenvalue weighted by Crippen LogP contribution is -2.23. The fourth-order valence-electron chi connectivity index (χ4n) is 2.68. The van der Waals surface area contributed by atoms with Gasteiger partial charge in [-0.3, -0.25) is 4.79 Å². The first-order valence-corrected chi connectivity index (χ1v) is 10.2. The highest BCUT2D eigenvalue weighted by atomic mass is 35.5. The lowest BCUT2D eigenvalue weighted by atomic mass is 10.2. The zero-order valence-electron chi connectivity index (χ0n) is 15.6. The second kappa shape index (κ2) is 9.15. The summed E-state index contributed by atoms with van der Waals surface area (Å²) < 4.78 is 20.5. The molecule has 1 amide bonds. The standard InChI is InChI=1S/C21H16ClFN4O2S/c22-15-4-6-17(7-5-15)30-20-9-8-18(29-20)21(28)24-11-19-25-13-27(26-19)12-14-2-1-3-16(23)10-14/h1-10,13H,11-12H2,(H,24,28). The summed E-state index contributed by atoms with van der Waals surface area (Å²) >= 11 is 7.28. The van der Waals surface area contributed by atoms with Gasteiger partial charge in [0.15, 0.2) is 16.7 Å². The van der Waals surface area contributed by atoms with Crippen LogP contribution in [0.4, 0.5) is 4.39 Å². The van der Waals surface area contributed by atoms with Crippen molar-refractivity contribution >= 4 is 29.3 Å². The van der Waals surface area contributed by atoms with E-state index in [1.807, 2.05) is 18.2 Å². The summed E-state index contributed by atoms with van der Waals surface area (Å²) in [6.45, 7) is 0.539. The molecule has 4 rings (SSSR count). The van der Waals surface area contributed by atoms with Crippen LogP contribution >= 0.6 is 23.4 Å². The molecule has 0 saturated carbocycles. The Morgan fingerprint density at radius 2 is 2.00 bits per heavy atom. The molecule has 9 heteroatoms. The van der Waals surface area contributed by atoms with Crippen LogP contribution in [0, 0.1) is 5.82 Å². The lowest BCUT2D eigenvalue weighted by Gasteiger charge is -2.02. The van der Waals surface area contributed by atoms with Crippen molar-refractivity contribution in [2.45, 2.75) is 23.1 Å².